The van der Waals surface area contributed by atoms with Gasteiger partial charge in [0.1, 0.15) is 0 Å². The molecule has 8 heterocycles. The zero-order chi connectivity index (χ0) is 75.7. The van der Waals surface area contributed by atoms with Gasteiger partial charge in [-0.05, 0) is 194 Å². The van der Waals surface area contributed by atoms with Crippen molar-refractivity contribution in [2.24, 2.45) is 0 Å². The minimum Gasteiger partial charge on any atom is 2.00 e. The summed E-state index contributed by atoms with van der Waals surface area (Å²) >= 11 is 28.6. The van der Waals surface area contributed by atoms with Crippen molar-refractivity contribution >= 4 is 140 Å². The van der Waals surface area contributed by atoms with Gasteiger partial charge in [0, 0.05) is 46.5 Å². The van der Waals surface area contributed by atoms with Crippen LogP contribution in [0.15, 0.2) is 147 Å². The Hall–Kier alpha value is -4.35. The average Bonchev–Trinajstić information content (AvgIpc) is 0.803. The molecule has 101 heavy (non-hydrogen) atoms. The third-order valence-electron chi connectivity index (χ3n) is 10.7. The zero-order valence-corrected chi connectivity index (χ0v) is 64.5. The summed E-state index contributed by atoms with van der Waals surface area (Å²) in [5.74, 6) is 5.82. The van der Waals surface area contributed by atoms with Gasteiger partial charge in [-0.2, -0.15) is 0 Å². The number of aryl methyl sites for hydroxylation is 8. The summed E-state index contributed by atoms with van der Waals surface area (Å²) in [5, 5.41) is 18.3. The quantitative estimate of drug-likeness (QED) is 0.0400. The van der Waals surface area contributed by atoms with Crippen molar-refractivity contribution in [3.05, 3.63) is 212 Å². The zero-order valence-electron chi connectivity index (χ0n) is 54.4. The van der Waals surface area contributed by atoms with Crippen LogP contribution in [-0.2, 0) is 101 Å². The standard InChI is InChI=1S/4C14H16N3.3CH2Cl2.3F6P.3Ni/c4*1-3-11-5-7-15-13(9-11)17-14-10-12(4-2)6-8-16-14;3*2-1-3;3*1-7(2,3,4,5)6;;;/h4*5-10H,3-4H2,1-2H3;3*1H2;;;;;;/q4*-1;;;;3*-1;2*+2;+3. The van der Waals surface area contributed by atoms with Gasteiger partial charge in [0.05, 0.1) is 16.0 Å². The van der Waals surface area contributed by atoms with Crippen LogP contribution in [0.4, 0.5) is 122 Å². The van der Waals surface area contributed by atoms with Gasteiger partial charge in [0.25, 0.3) is 0 Å². The first kappa shape index (κ1) is 105. The van der Waals surface area contributed by atoms with Gasteiger partial charge in [0.15, 0.2) is 0 Å². The third kappa shape index (κ3) is 72.4. The summed E-state index contributed by atoms with van der Waals surface area (Å²) in [7, 11) is -32.0. The summed E-state index contributed by atoms with van der Waals surface area (Å²) in [4.78, 5) is 33.9. The molecule has 0 N–H and O–H groups in total. The van der Waals surface area contributed by atoms with Crippen molar-refractivity contribution in [1.29, 1.82) is 0 Å². The molecule has 0 aliphatic carbocycles. The topological polar surface area (TPSA) is 160 Å². The molecule has 0 aliphatic heterocycles. The Labute approximate surface area is 635 Å². The van der Waals surface area contributed by atoms with Gasteiger partial charge in [-0.25, -0.2) is 0 Å². The summed E-state index contributed by atoms with van der Waals surface area (Å²) in [5.41, 5.74) is 9.93. The van der Waals surface area contributed by atoms with Crippen molar-refractivity contribution < 1.29 is 125 Å². The van der Waals surface area contributed by atoms with Crippen LogP contribution in [0.3, 0.4) is 0 Å². The number of hydrogen-bond donors (Lipinski definition) is 0. The molecule has 8 aromatic heterocycles. The Balaban J connectivity index is -0.000000355. The molecule has 0 spiro atoms. The number of aromatic nitrogens is 8. The second-order valence-electron chi connectivity index (χ2n) is 18.6. The molecule has 579 valence electrons. The van der Waals surface area contributed by atoms with Crippen LogP contribution in [0.5, 0.6) is 0 Å². The second-order valence-corrected chi connectivity index (χ2v) is 26.8. The fourth-order valence-corrected chi connectivity index (χ4v) is 6.40. The van der Waals surface area contributed by atoms with E-state index in [9.17, 15) is 75.5 Å². The van der Waals surface area contributed by atoms with Crippen LogP contribution in [0.25, 0.3) is 21.3 Å². The van der Waals surface area contributed by atoms with E-state index >= 15 is 0 Å². The smallest absolute Gasteiger partial charge is 2.00 e. The van der Waals surface area contributed by atoms with E-state index in [-0.39, 0.29) is 65.5 Å². The molecule has 42 heteroatoms. The predicted molar refractivity (Wildman–Crippen MR) is 370 cm³/mol. The molecule has 0 atom stereocenters. The van der Waals surface area contributed by atoms with Gasteiger partial charge < -0.3 is 61.1 Å². The number of alkyl halides is 6. The normalized spacial score (nSPS) is 12.2. The number of rotatable bonds is 16. The minimum absolute atomic E-state index is 0. The van der Waals surface area contributed by atoms with Gasteiger partial charge >= 0.3 is 148 Å². The van der Waals surface area contributed by atoms with Gasteiger partial charge in [-0.1, -0.05) is 104 Å². The Morgan fingerprint density at radius 2 is 0.317 bits per heavy atom. The van der Waals surface area contributed by atoms with Crippen molar-refractivity contribution in [2.45, 2.75) is 107 Å². The molecule has 8 rings (SSSR count). The number of hydrogen-bond acceptors (Lipinski definition) is 8. The summed E-state index contributed by atoms with van der Waals surface area (Å²) in [6, 6.07) is 32.1. The monoisotopic (exact) mass is 1770 g/mol. The Morgan fingerprint density at radius 1 is 0.238 bits per heavy atom. The SMILES string of the molecule is CCc1ccnc([N-]c2cc(CC)ccn2)c1.CCc1ccnc([N-]c2cc(CC)ccn2)c1.CCc1ccnc([N-]c2cc(CC)ccn2)c1.CCc1ccnc([N-]c2cc(CC)ccn2)c1.ClCCl.ClCCl.ClCCl.F[P-](F)(F)(F)(F)F.F[P-](F)(F)(F)(F)F.F[P-](F)(F)(F)(F)F.[Ni+2].[Ni+2].[Ni+3]. The number of nitrogens with zero attached hydrogens (tertiary/aromatic N) is 12. The van der Waals surface area contributed by atoms with Crippen LogP contribution in [-0.4, -0.2) is 55.9 Å². The number of pyridine rings is 8. The first-order valence-electron chi connectivity index (χ1n) is 28.4. The van der Waals surface area contributed by atoms with Crippen molar-refractivity contribution in [3.63, 3.8) is 0 Å². The van der Waals surface area contributed by atoms with Crippen LogP contribution < -0.4 is 0 Å². The Kier molecular flexibility index (Phi) is 48.5. The van der Waals surface area contributed by atoms with E-state index in [1.807, 2.05) is 97.1 Å². The average molecular weight is 1770 g/mol. The maximum Gasteiger partial charge on any atom is 3.00 e. The maximum absolute atomic E-state index is 10.7. The fourth-order valence-electron chi connectivity index (χ4n) is 6.40. The van der Waals surface area contributed by atoms with Crippen LogP contribution in [0, 0.1) is 0 Å². The minimum atomic E-state index is -10.7. The van der Waals surface area contributed by atoms with Crippen LogP contribution in [0.2, 0.25) is 0 Å². The second kappa shape index (κ2) is 46.6. The summed E-state index contributed by atoms with van der Waals surface area (Å²) in [6.45, 7) is 17.0. The first-order chi connectivity index (χ1) is 44.8. The van der Waals surface area contributed by atoms with Crippen molar-refractivity contribution in [3.8, 4) is 0 Å². The van der Waals surface area contributed by atoms with Gasteiger partial charge in [-0.15, -0.1) is 69.6 Å². The molecule has 0 saturated heterocycles. The van der Waals surface area contributed by atoms with E-state index in [0.717, 1.165) is 97.9 Å². The van der Waals surface area contributed by atoms with E-state index in [4.69, 9.17) is 69.6 Å². The molecule has 0 bridgehead atoms. The Morgan fingerprint density at radius 3 is 0.386 bits per heavy atom. The van der Waals surface area contributed by atoms with E-state index < -0.39 is 23.4 Å². The van der Waals surface area contributed by atoms with E-state index in [1.165, 1.54) is 44.5 Å². The van der Waals surface area contributed by atoms with Crippen LogP contribution in [0.1, 0.15) is 99.9 Å². The largest absolute Gasteiger partial charge is 3.00 e. The molecular weight excluding hydrogens is 1700 g/mol. The molecule has 0 amide bonds. The molecular formula is C59H70Cl6F18N12Ni3P3. The molecule has 8 aromatic rings. The third-order valence-corrected chi connectivity index (χ3v) is 10.7. The van der Waals surface area contributed by atoms with E-state index in [0.29, 0.717) is 0 Å². The van der Waals surface area contributed by atoms with E-state index in [2.05, 4.69) is 117 Å². The molecule has 12 nitrogen and oxygen atoms in total. The van der Waals surface area contributed by atoms with Crippen LogP contribution >= 0.6 is 93.0 Å². The van der Waals surface area contributed by atoms with Gasteiger partial charge in [-0.3, -0.25) is 0 Å². The first-order valence-corrected chi connectivity index (χ1v) is 37.7. The summed E-state index contributed by atoms with van der Waals surface area (Å²) in [6.07, 6.45) is 22.3. The maximum atomic E-state index is 9.87. The molecule has 0 unspecified atom stereocenters. The molecule has 0 saturated carbocycles. The Bertz CT molecular complexity index is 2930. The van der Waals surface area contributed by atoms with Crippen molar-refractivity contribution in [1.82, 2.24) is 39.9 Å². The fraction of sp³-hybridized carbons (Fsp3) is 0.322. The molecule has 0 fully saturated rings. The molecule has 0 aliphatic rings. The van der Waals surface area contributed by atoms with Crippen molar-refractivity contribution in [2.75, 3.05) is 16.0 Å². The molecule has 1 radical (unpaired) electrons. The summed E-state index contributed by atoms with van der Waals surface area (Å²) < 4.78 is 178. The predicted octanol–water partition coefficient (Wildman–Crippen LogP) is 30.2. The van der Waals surface area contributed by atoms with E-state index in [1.54, 1.807) is 49.6 Å². The molecule has 0 aromatic carbocycles. The van der Waals surface area contributed by atoms with Gasteiger partial charge in [0.2, 0.25) is 0 Å². The number of halogens is 24.